The number of ketones is 1. The lowest BCUT2D eigenvalue weighted by Crippen LogP contribution is -2.35. The molecule has 0 aliphatic carbocycles. The number of hydrogen-bond donors (Lipinski definition) is 2. The SMILES string of the molecule is CC1CCCCCC(O)C(=O)C(O)CC(=O)O1. The maximum absolute atomic E-state index is 11.5. The first-order valence-corrected chi connectivity index (χ1v) is 6.10. The molecule has 1 saturated heterocycles. The second kappa shape index (κ2) is 6.71. The van der Waals surface area contributed by atoms with Gasteiger partial charge in [-0.25, -0.2) is 0 Å². The van der Waals surface area contributed by atoms with Crippen molar-refractivity contribution < 1.29 is 24.5 Å². The monoisotopic (exact) mass is 244 g/mol. The Bertz CT molecular complexity index is 276. The highest BCUT2D eigenvalue weighted by Crippen LogP contribution is 2.14. The Morgan fingerprint density at radius 3 is 2.41 bits per heavy atom. The van der Waals surface area contributed by atoms with Crippen LogP contribution in [0.1, 0.15) is 45.4 Å². The smallest absolute Gasteiger partial charge is 0.309 e. The van der Waals surface area contributed by atoms with Crippen molar-refractivity contribution in [2.45, 2.75) is 63.8 Å². The van der Waals surface area contributed by atoms with E-state index in [1.165, 1.54) is 0 Å². The molecule has 0 saturated carbocycles. The number of carbonyl (C=O) groups is 2. The molecule has 3 unspecified atom stereocenters. The summed E-state index contributed by atoms with van der Waals surface area (Å²) >= 11 is 0. The van der Waals surface area contributed by atoms with E-state index in [1.807, 2.05) is 0 Å². The Labute approximate surface area is 101 Å². The van der Waals surface area contributed by atoms with Crippen molar-refractivity contribution in [2.75, 3.05) is 0 Å². The summed E-state index contributed by atoms with van der Waals surface area (Å²) in [4.78, 5) is 22.8. The summed E-state index contributed by atoms with van der Waals surface area (Å²) in [6, 6.07) is 0. The minimum atomic E-state index is -1.45. The van der Waals surface area contributed by atoms with Gasteiger partial charge < -0.3 is 14.9 Å². The first-order chi connectivity index (χ1) is 8.00. The average Bonchev–Trinajstić information content (AvgIpc) is 2.25. The van der Waals surface area contributed by atoms with Crippen molar-refractivity contribution in [2.24, 2.45) is 0 Å². The van der Waals surface area contributed by atoms with Crippen LogP contribution in [0.25, 0.3) is 0 Å². The van der Waals surface area contributed by atoms with Gasteiger partial charge in [0, 0.05) is 0 Å². The number of aliphatic hydroxyl groups is 2. The molecule has 5 nitrogen and oxygen atoms in total. The van der Waals surface area contributed by atoms with Crippen molar-refractivity contribution >= 4 is 11.8 Å². The largest absolute Gasteiger partial charge is 0.463 e. The lowest BCUT2D eigenvalue weighted by atomic mass is 10.0. The quantitative estimate of drug-likeness (QED) is 0.608. The van der Waals surface area contributed by atoms with E-state index in [0.29, 0.717) is 6.42 Å². The Hall–Kier alpha value is -0.940. The van der Waals surface area contributed by atoms with E-state index in [9.17, 15) is 19.8 Å². The first-order valence-electron chi connectivity index (χ1n) is 6.10. The zero-order valence-electron chi connectivity index (χ0n) is 10.1. The molecule has 0 amide bonds. The standard InChI is InChI=1S/C12H20O5/c1-8-5-3-2-4-6-9(13)12(16)10(14)7-11(15)17-8/h8-10,13-14H,2-7H2,1H3. The molecule has 1 heterocycles. The van der Waals surface area contributed by atoms with E-state index < -0.39 is 24.0 Å². The molecule has 0 aromatic heterocycles. The summed E-state index contributed by atoms with van der Waals surface area (Å²) in [5.74, 6) is -1.28. The first kappa shape index (κ1) is 14.1. The molecule has 17 heavy (non-hydrogen) atoms. The highest BCUT2D eigenvalue weighted by atomic mass is 16.5. The van der Waals surface area contributed by atoms with Crippen molar-refractivity contribution in [3.8, 4) is 0 Å². The van der Waals surface area contributed by atoms with Crippen molar-refractivity contribution in [1.82, 2.24) is 0 Å². The fourth-order valence-electron chi connectivity index (χ4n) is 1.90. The molecule has 5 heteroatoms. The zero-order valence-corrected chi connectivity index (χ0v) is 10.1. The molecule has 0 radical (unpaired) electrons. The van der Waals surface area contributed by atoms with Crippen molar-refractivity contribution in [1.29, 1.82) is 0 Å². The lowest BCUT2D eigenvalue weighted by Gasteiger charge is -2.18. The van der Waals surface area contributed by atoms with Crippen LogP contribution in [0.3, 0.4) is 0 Å². The van der Waals surface area contributed by atoms with Crippen LogP contribution in [0.5, 0.6) is 0 Å². The molecule has 1 rings (SSSR count). The molecule has 0 spiro atoms. The number of esters is 1. The number of aliphatic hydroxyl groups excluding tert-OH is 2. The summed E-state index contributed by atoms with van der Waals surface area (Å²) in [5, 5.41) is 19.0. The molecular weight excluding hydrogens is 224 g/mol. The molecule has 3 atom stereocenters. The van der Waals surface area contributed by atoms with Gasteiger partial charge in [-0.1, -0.05) is 12.8 Å². The van der Waals surface area contributed by atoms with E-state index in [1.54, 1.807) is 6.92 Å². The third-order valence-electron chi connectivity index (χ3n) is 2.94. The van der Waals surface area contributed by atoms with Gasteiger partial charge in [0.1, 0.15) is 12.2 Å². The van der Waals surface area contributed by atoms with Crippen molar-refractivity contribution in [3.63, 3.8) is 0 Å². The zero-order chi connectivity index (χ0) is 12.8. The highest BCUT2D eigenvalue weighted by Gasteiger charge is 2.26. The second-order valence-electron chi connectivity index (χ2n) is 4.58. The van der Waals surface area contributed by atoms with Crippen LogP contribution in [-0.4, -0.2) is 40.3 Å². The number of ether oxygens (including phenoxy) is 1. The van der Waals surface area contributed by atoms with Gasteiger partial charge in [0.15, 0.2) is 5.78 Å². The van der Waals surface area contributed by atoms with Gasteiger partial charge >= 0.3 is 5.97 Å². The number of rotatable bonds is 0. The Balaban J connectivity index is 2.61. The molecule has 98 valence electrons. The van der Waals surface area contributed by atoms with E-state index in [-0.39, 0.29) is 12.5 Å². The van der Waals surface area contributed by atoms with Crippen LogP contribution in [0, 0.1) is 0 Å². The van der Waals surface area contributed by atoms with Crippen LogP contribution >= 0.6 is 0 Å². The van der Waals surface area contributed by atoms with Gasteiger partial charge in [-0.2, -0.15) is 0 Å². The summed E-state index contributed by atoms with van der Waals surface area (Å²) in [5.41, 5.74) is 0. The fraction of sp³-hybridized carbons (Fsp3) is 0.833. The molecule has 0 aromatic rings. The average molecular weight is 244 g/mol. The number of cyclic esters (lactones) is 1. The Kier molecular flexibility index (Phi) is 5.58. The van der Waals surface area contributed by atoms with E-state index >= 15 is 0 Å². The normalized spacial score (nSPS) is 33.5. The predicted octanol–water partition coefficient (Wildman–Crippen LogP) is 0.563. The van der Waals surface area contributed by atoms with Crippen LogP contribution in [0.15, 0.2) is 0 Å². The van der Waals surface area contributed by atoms with E-state index in [2.05, 4.69) is 0 Å². The summed E-state index contributed by atoms with van der Waals surface area (Å²) in [7, 11) is 0. The topological polar surface area (TPSA) is 83.8 Å². The minimum Gasteiger partial charge on any atom is -0.463 e. The summed E-state index contributed by atoms with van der Waals surface area (Å²) < 4.78 is 5.04. The van der Waals surface area contributed by atoms with E-state index in [0.717, 1.165) is 25.7 Å². The van der Waals surface area contributed by atoms with Gasteiger partial charge in [-0.05, 0) is 26.2 Å². The molecule has 2 N–H and O–H groups in total. The highest BCUT2D eigenvalue weighted by molar-refractivity contribution is 5.90. The maximum atomic E-state index is 11.5. The number of Topliss-reactive ketones (excluding diaryl/α,β-unsaturated/α-hetero) is 1. The summed E-state index contributed by atoms with van der Waals surface area (Å²) in [6.45, 7) is 1.80. The van der Waals surface area contributed by atoms with Crippen LogP contribution in [0.4, 0.5) is 0 Å². The lowest BCUT2D eigenvalue weighted by molar-refractivity contribution is -0.154. The van der Waals surface area contributed by atoms with Crippen LogP contribution in [0.2, 0.25) is 0 Å². The van der Waals surface area contributed by atoms with Crippen molar-refractivity contribution in [3.05, 3.63) is 0 Å². The van der Waals surface area contributed by atoms with Gasteiger partial charge in [-0.3, -0.25) is 9.59 Å². The minimum absolute atomic E-state index is 0.186. The molecule has 0 aromatic carbocycles. The molecular formula is C12H20O5. The third-order valence-corrected chi connectivity index (χ3v) is 2.94. The van der Waals surface area contributed by atoms with Gasteiger partial charge in [-0.15, -0.1) is 0 Å². The Morgan fingerprint density at radius 2 is 1.71 bits per heavy atom. The fourth-order valence-corrected chi connectivity index (χ4v) is 1.90. The Morgan fingerprint density at radius 1 is 1.06 bits per heavy atom. The number of hydrogen-bond acceptors (Lipinski definition) is 5. The maximum Gasteiger partial charge on any atom is 0.309 e. The molecule has 1 aliphatic heterocycles. The van der Waals surface area contributed by atoms with Gasteiger partial charge in [0.25, 0.3) is 0 Å². The molecule has 1 aliphatic rings. The van der Waals surface area contributed by atoms with Gasteiger partial charge in [0.05, 0.1) is 12.5 Å². The van der Waals surface area contributed by atoms with Crippen LogP contribution in [-0.2, 0) is 14.3 Å². The van der Waals surface area contributed by atoms with Crippen LogP contribution < -0.4 is 0 Å². The van der Waals surface area contributed by atoms with E-state index in [4.69, 9.17) is 4.74 Å². The predicted molar refractivity (Wildman–Crippen MR) is 60.3 cm³/mol. The second-order valence-corrected chi connectivity index (χ2v) is 4.58. The number of carbonyl (C=O) groups excluding carboxylic acids is 2. The summed E-state index contributed by atoms with van der Waals surface area (Å²) in [6.07, 6.45) is 0.444. The third kappa shape index (κ3) is 4.83. The van der Waals surface area contributed by atoms with Gasteiger partial charge in [0.2, 0.25) is 0 Å². The molecule has 0 bridgehead atoms. The molecule has 1 fully saturated rings.